The molecule has 2 rings (SSSR count). The molecule has 1 aromatic carbocycles. The van der Waals surface area contributed by atoms with Crippen molar-refractivity contribution in [2.75, 3.05) is 7.05 Å². The van der Waals surface area contributed by atoms with E-state index in [2.05, 4.69) is 11.9 Å². The minimum Gasteiger partial charge on any atom is -0.508 e. The lowest BCUT2D eigenvalue weighted by Crippen LogP contribution is -2.23. The molecule has 0 radical (unpaired) electrons. The normalized spacial score (nSPS) is 17.2. The number of benzene rings is 1. The van der Waals surface area contributed by atoms with Crippen LogP contribution in [0.3, 0.4) is 0 Å². The molecule has 0 bridgehead atoms. The average molecular weight is 326 g/mol. The number of halogens is 3. The Kier molecular flexibility index (Phi) is 5.04. The smallest absolute Gasteiger partial charge is 0.416 e. The number of allylic oxidation sites excluding steroid dienone is 1. The Morgan fingerprint density at radius 2 is 1.96 bits per heavy atom. The van der Waals surface area contributed by atoms with Gasteiger partial charge in [0.25, 0.3) is 0 Å². The summed E-state index contributed by atoms with van der Waals surface area (Å²) in [6, 6.07) is 2.69. The Hall–Kier alpha value is -1.95. The maximum atomic E-state index is 12.7. The SMILES string of the molecule is C=C(N)C1=C(C(NC)c2ccc(C(F)(F)F)cc2O)CCCC1. The van der Waals surface area contributed by atoms with E-state index in [4.69, 9.17) is 5.73 Å². The zero-order valence-corrected chi connectivity index (χ0v) is 13.0. The molecule has 1 atom stereocenters. The Morgan fingerprint density at radius 3 is 2.48 bits per heavy atom. The highest BCUT2D eigenvalue weighted by Crippen LogP contribution is 2.40. The molecule has 126 valence electrons. The predicted octanol–water partition coefficient (Wildman–Crippen LogP) is 4.01. The molecule has 0 spiro atoms. The monoisotopic (exact) mass is 326 g/mol. The number of rotatable bonds is 4. The summed E-state index contributed by atoms with van der Waals surface area (Å²) in [6.45, 7) is 3.79. The maximum Gasteiger partial charge on any atom is 0.416 e. The van der Waals surface area contributed by atoms with Gasteiger partial charge >= 0.3 is 6.18 Å². The molecule has 1 unspecified atom stereocenters. The van der Waals surface area contributed by atoms with E-state index >= 15 is 0 Å². The van der Waals surface area contributed by atoms with Crippen LogP contribution in [0.15, 0.2) is 41.6 Å². The first-order valence-corrected chi connectivity index (χ1v) is 7.49. The van der Waals surface area contributed by atoms with Gasteiger partial charge in [0.1, 0.15) is 5.75 Å². The third-order valence-corrected chi connectivity index (χ3v) is 4.20. The van der Waals surface area contributed by atoms with Crippen LogP contribution in [0.1, 0.15) is 42.9 Å². The van der Waals surface area contributed by atoms with Gasteiger partial charge in [0.2, 0.25) is 0 Å². The van der Waals surface area contributed by atoms with Crippen molar-refractivity contribution >= 4 is 0 Å². The number of likely N-dealkylation sites (N-methyl/N-ethyl adjacent to an activating group) is 1. The summed E-state index contributed by atoms with van der Waals surface area (Å²) in [5, 5.41) is 13.2. The first-order chi connectivity index (χ1) is 10.8. The third kappa shape index (κ3) is 3.69. The minimum atomic E-state index is -4.48. The number of nitrogens with one attached hydrogen (secondary N) is 1. The van der Waals surface area contributed by atoms with Gasteiger partial charge < -0.3 is 16.2 Å². The molecule has 3 nitrogen and oxygen atoms in total. The van der Waals surface area contributed by atoms with E-state index < -0.39 is 11.7 Å². The second-order valence-electron chi connectivity index (χ2n) is 5.73. The summed E-state index contributed by atoms with van der Waals surface area (Å²) in [6.07, 6.45) is -0.927. The summed E-state index contributed by atoms with van der Waals surface area (Å²) in [5.74, 6) is -0.376. The molecular formula is C17H21F3N2O. The van der Waals surface area contributed by atoms with Crippen molar-refractivity contribution < 1.29 is 18.3 Å². The van der Waals surface area contributed by atoms with Gasteiger partial charge in [0.15, 0.2) is 0 Å². The van der Waals surface area contributed by atoms with Crippen molar-refractivity contribution in [1.82, 2.24) is 5.32 Å². The Morgan fingerprint density at radius 1 is 1.30 bits per heavy atom. The number of hydrogen-bond donors (Lipinski definition) is 3. The standard InChI is InChI=1S/C17H21F3N2O/c1-10(21)12-5-3-4-6-13(12)16(22-2)14-8-7-11(9-15(14)23)17(18,19)20/h7-9,16,22-23H,1,3-6,21H2,2H3. The van der Waals surface area contributed by atoms with Crippen molar-refractivity contribution in [3.8, 4) is 5.75 Å². The van der Waals surface area contributed by atoms with E-state index in [1.165, 1.54) is 6.07 Å². The first kappa shape index (κ1) is 17.4. The molecule has 0 saturated heterocycles. The van der Waals surface area contributed by atoms with E-state index in [0.29, 0.717) is 11.3 Å². The minimum absolute atomic E-state index is 0.376. The van der Waals surface area contributed by atoms with Crippen LogP contribution in [0.5, 0.6) is 5.75 Å². The first-order valence-electron chi connectivity index (χ1n) is 7.49. The molecule has 0 aliphatic heterocycles. The Balaban J connectivity index is 2.47. The van der Waals surface area contributed by atoms with Gasteiger partial charge in [0.05, 0.1) is 11.6 Å². The predicted molar refractivity (Wildman–Crippen MR) is 83.7 cm³/mol. The van der Waals surface area contributed by atoms with Crippen molar-refractivity contribution in [1.29, 1.82) is 0 Å². The second-order valence-corrected chi connectivity index (χ2v) is 5.73. The van der Waals surface area contributed by atoms with E-state index in [9.17, 15) is 18.3 Å². The topological polar surface area (TPSA) is 58.3 Å². The van der Waals surface area contributed by atoms with Crippen LogP contribution < -0.4 is 11.1 Å². The van der Waals surface area contributed by atoms with Crippen LogP contribution >= 0.6 is 0 Å². The summed E-state index contributed by atoms with van der Waals surface area (Å²) in [7, 11) is 1.71. The van der Waals surface area contributed by atoms with Crippen molar-refractivity contribution in [3.05, 3.63) is 52.7 Å². The molecular weight excluding hydrogens is 305 g/mol. The number of aromatic hydroxyl groups is 1. The summed E-state index contributed by atoms with van der Waals surface area (Å²) in [5.41, 5.74) is 7.81. The van der Waals surface area contributed by atoms with Crippen LogP contribution in [-0.2, 0) is 6.18 Å². The van der Waals surface area contributed by atoms with Crippen molar-refractivity contribution in [3.63, 3.8) is 0 Å². The molecule has 6 heteroatoms. The molecule has 0 fully saturated rings. The van der Waals surface area contributed by atoms with E-state index in [1.54, 1.807) is 7.05 Å². The van der Waals surface area contributed by atoms with Crippen LogP contribution in [0.4, 0.5) is 13.2 Å². The number of phenols is 1. The lowest BCUT2D eigenvalue weighted by atomic mass is 9.83. The highest BCUT2D eigenvalue weighted by molar-refractivity contribution is 5.46. The fraction of sp³-hybridized carbons (Fsp3) is 0.412. The maximum absolute atomic E-state index is 12.7. The average Bonchev–Trinajstić information content (AvgIpc) is 2.49. The molecule has 0 aromatic heterocycles. The number of alkyl halides is 3. The molecule has 1 aromatic rings. The van der Waals surface area contributed by atoms with Gasteiger partial charge in [-0.2, -0.15) is 13.2 Å². The van der Waals surface area contributed by atoms with Crippen LogP contribution in [0, 0.1) is 0 Å². The summed E-state index contributed by atoms with van der Waals surface area (Å²) in [4.78, 5) is 0. The lowest BCUT2D eigenvalue weighted by Gasteiger charge is -2.28. The molecule has 0 heterocycles. The fourth-order valence-electron chi connectivity index (χ4n) is 3.10. The van der Waals surface area contributed by atoms with Gasteiger partial charge in [-0.15, -0.1) is 0 Å². The zero-order valence-electron chi connectivity index (χ0n) is 13.0. The summed E-state index contributed by atoms with van der Waals surface area (Å²) < 4.78 is 38.2. The largest absolute Gasteiger partial charge is 0.508 e. The van der Waals surface area contributed by atoms with E-state index in [0.717, 1.165) is 49.0 Å². The van der Waals surface area contributed by atoms with Gasteiger partial charge in [-0.1, -0.05) is 12.6 Å². The Bertz CT molecular complexity index is 635. The number of nitrogens with two attached hydrogens (primary N) is 1. The van der Waals surface area contributed by atoms with Crippen molar-refractivity contribution in [2.24, 2.45) is 5.73 Å². The molecule has 0 saturated carbocycles. The Labute approximate surface area is 133 Å². The number of phenolic OH excluding ortho intramolecular Hbond substituents is 1. The van der Waals surface area contributed by atoms with Crippen LogP contribution in [0.2, 0.25) is 0 Å². The van der Waals surface area contributed by atoms with Gasteiger partial charge in [-0.25, -0.2) is 0 Å². The molecule has 0 amide bonds. The molecule has 1 aliphatic carbocycles. The van der Waals surface area contributed by atoms with Gasteiger partial charge in [0, 0.05) is 11.3 Å². The van der Waals surface area contributed by atoms with Gasteiger partial charge in [-0.3, -0.25) is 0 Å². The second kappa shape index (κ2) is 6.66. The zero-order chi connectivity index (χ0) is 17.2. The molecule has 1 aliphatic rings. The highest BCUT2D eigenvalue weighted by Gasteiger charge is 2.32. The fourth-order valence-corrected chi connectivity index (χ4v) is 3.10. The van der Waals surface area contributed by atoms with E-state index in [1.807, 2.05) is 0 Å². The molecule has 4 N–H and O–H groups in total. The number of hydrogen-bond acceptors (Lipinski definition) is 3. The lowest BCUT2D eigenvalue weighted by molar-refractivity contribution is -0.137. The van der Waals surface area contributed by atoms with Crippen LogP contribution in [-0.4, -0.2) is 12.2 Å². The molecule has 23 heavy (non-hydrogen) atoms. The quantitative estimate of drug-likeness (QED) is 0.783. The van der Waals surface area contributed by atoms with E-state index in [-0.39, 0.29) is 11.8 Å². The van der Waals surface area contributed by atoms with Crippen molar-refractivity contribution in [2.45, 2.75) is 37.9 Å². The highest BCUT2D eigenvalue weighted by atomic mass is 19.4. The third-order valence-electron chi connectivity index (χ3n) is 4.20. The van der Waals surface area contributed by atoms with Crippen LogP contribution in [0.25, 0.3) is 0 Å². The summed E-state index contributed by atoms with van der Waals surface area (Å²) >= 11 is 0. The van der Waals surface area contributed by atoms with Gasteiger partial charge in [-0.05, 0) is 56.0 Å².